The number of esters is 3. The number of ether oxygens (including phenoxy) is 2. The van der Waals surface area contributed by atoms with Crippen LogP contribution in [-0.2, 0) is 23.9 Å². The molecular weight excluding hydrogens is 224 g/mol. The molecule has 2 aliphatic carbocycles. The van der Waals surface area contributed by atoms with Crippen LogP contribution in [0.2, 0.25) is 0 Å². The molecule has 6 atom stereocenters. The van der Waals surface area contributed by atoms with Crippen LogP contribution in [0.25, 0.3) is 0 Å². The van der Waals surface area contributed by atoms with Crippen LogP contribution in [0.4, 0.5) is 0 Å². The second kappa shape index (κ2) is 2.89. The third-order valence-corrected chi connectivity index (χ3v) is 5.07. The molecule has 0 N–H and O–H groups in total. The Hall–Kier alpha value is -1.39. The molecule has 2 saturated heterocycles. The van der Waals surface area contributed by atoms with Crippen molar-refractivity contribution in [1.29, 1.82) is 0 Å². The number of rotatable bonds is 0. The summed E-state index contributed by atoms with van der Waals surface area (Å²) < 4.78 is 9.82. The predicted molar refractivity (Wildman–Crippen MR) is 52.2 cm³/mol. The minimum atomic E-state index is -0.438. The third-order valence-electron chi connectivity index (χ3n) is 5.07. The van der Waals surface area contributed by atoms with Crippen molar-refractivity contribution in [2.24, 2.45) is 35.5 Å². The highest BCUT2D eigenvalue weighted by molar-refractivity contribution is 5.91. The molecule has 2 heterocycles. The molecular formula is C12H12O5. The van der Waals surface area contributed by atoms with Crippen molar-refractivity contribution in [2.75, 3.05) is 6.61 Å². The first-order valence-electron chi connectivity index (χ1n) is 6.08. The summed E-state index contributed by atoms with van der Waals surface area (Å²) in [6, 6.07) is 0. The van der Waals surface area contributed by atoms with Gasteiger partial charge in [-0.05, 0) is 24.2 Å². The van der Waals surface area contributed by atoms with Crippen LogP contribution in [0.1, 0.15) is 12.8 Å². The quantitative estimate of drug-likeness (QED) is 0.441. The van der Waals surface area contributed by atoms with Gasteiger partial charge in [0.25, 0.3) is 0 Å². The molecule has 6 unspecified atom stereocenters. The lowest BCUT2D eigenvalue weighted by atomic mass is 9.67. The Balaban J connectivity index is 1.73. The fourth-order valence-electron chi connectivity index (χ4n) is 4.55. The monoisotopic (exact) mass is 236 g/mol. The Labute approximate surface area is 97.4 Å². The van der Waals surface area contributed by atoms with E-state index in [0.29, 0.717) is 6.61 Å². The van der Waals surface area contributed by atoms with E-state index in [4.69, 9.17) is 9.47 Å². The van der Waals surface area contributed by atoms with Gasteiger partial charge in [0, 0.05) is 12.3 Å². The lowest BCUT2D eigenvalue weighted by Gasteiger charge is -2.36. The largest absolute Gasteiger partial charge is 0.465 e. The fraction of sp³-hybridized carbons (Fsp3) is 0.750. The predicted octanol–water partition coefficient (Wildman–Crippen LogP) is 0.131. The van der Waals surface area contributed by atoms with Gasteiger partial charge in [-0.3, -0.25) is 14.4 Å². The number of fused-ring (bicyclic) bond motifs is 8. The highest BCUT2D eigenvalue weighted by atomic mass is 16.6. The van der Waals surface area contributed by atoms with E-state index >= 15 is 0 Å². The molecule has 17 heavy (non-hydrogen) atoms. The van der Waals surface area contributed by atoms with Crippen LogP contribution in [0, 0.1) is 35.5 Å². The van der Waals surface area contributed by atoms with Crippen LogP contribution >= 0.6 is 0 Å². The zero-order valence-corrected chi connectivity index (χ0v) is 9.13. The second-order valence-corrected chi connectivity index (χ2v) is 5.57. The summed E-state index contributed by atoms with van der Waals surface area (Å²) in [5, 5.41) is 0. The Morgan fingerprint density at radius 1 is 0.882 bits per heavy atom. The molecule has 2 bridgehead atoms. The Kier molecular flexibility index (Phi) is 1.63. The zero-order valence-electron chi connectivity index (χ0n) is 9.13. The van der Waals surface area contributed by atoms with Crippen molar-refractivity contribution in [1.82, 2.24) is 0 Å². The molecule has 0 aromatic rings. The Morgan fingerprint density at radius 2 is 1.59 bits per heavy atom. The van der Waals surface area contributed by atoms with E-state index in [2.05, 4.69) is 0 Å². The van der Waals surface area contributed by atoms with Crippen molar-refractivity contribution >= 4 is 17.9 Å². The minimum Gasteiger partial charge on any atom is -0.465 e. The lowest BCUT2D eigenvalue weighted by Crippen LogP contribution is -2.44. The zero-order chi connectivity index (χ0) is 11.7. The molecule has 4 aliphatic rings. The van der Waals surface area contributed by atoms with Crippen molar-refractivity contribution in [3.63, 3.8) is 0 Å². The summed E-state index contributed by atoms with van der Waals surface area (Å²) in [5.74, 6) is -0.664. The molecule has 4 rings (SSSR count). The van der Waals surface area contributed by atoms with E-state index in [1.807, 2.05) is 0 Å². The molecule has 0 amide bonds. The second-order valence-electron chi connectivity index (χ2n) is 5.57. The van der Waals surface area contributed by atoms with Gasteiger partial charge >= 0.3 is 17.9 Å². The molecule has 0 spiro atoms. The van der Waals surface area contributed by atoms with Gasteiger partial charge in [-0.15, -0.1) is 0 Å². The summed E-state index contributed by atoms with van der Waals surface area (Å²) in [7, 11) is 0. The van der Waals surface area contributed by atoms with E-state index in [9.17, 15) is 14.4 Å². The van der Waals surface area contributed by atoms with Crippen molar-refractivity contribution in [2.45, 2.75) is 12.8 Å². The summed E-state index contributed by atoms with van der Waals surface area (Å²) in [6.45, 7) is 0.440. The maximum absolute atomic E-state index is 11.8. The van der Waals surface area contributed by atoms with Crippen LogP contribution < -0.4 is 0 Å². The van der Waals surface area contributed by atoms with Gasteiger partial charge in [-0.2, -0.15) is 0 Å². The Morgan fingerprint density at radius 3 is 2.41 bits per heavy atom. The molecule has 0 aromatic carbocycles. The van der Waals surface area contributed by atoms with Crippen LogP contribution in [0.15, 0.2) is 0 Å². The minimum absolute atomic E-state index is 0.0145. The van der Waals surface area contributed by atoms with E-state index in [-0.39, 0.29) is 53.9 Å². The molecule has 4 fully saturated rings. The van der Waals surface area contributed by atoms with Crippen LogP contribution in [0.5, 0.6) is 0 Å². The van der Waals surface area contributed by atoms with E-state index < -0.39 is 5.97 Å². The molecule has 5 nitrogen and oxygen atoms in total. The number of carbonyl (C=O) groups is 3. The average molecular weight is 236 g/mol. The van der Waals surface area contributed by atoms with Gasteiger partial charge in [0.2, 0.25) is 0 Å². The SMILES string of the molecule is O=C1CC2C3CC(C4COC(=O)C34)C2C(=O)O1. The van der Waals surface area contributed by atoms with Crippen molar-refractivity contribution in [3.05, 3.63) is 0 Å². The number of carbonyl (C=O) groups excluding carboxylic acids is 3. The first-order chi connectivity index (χ1) is 8.16. The fourth-order valence-corrected chi connectivity index (χ4v) is 4.55. The number of hydrogen-bond donors (Lipinski definition) is 0. The van der Waals surface area contributed by atoms with Gasteiger partial charge in [0.1, 0.15) is 0 Å². The maximum atomic E-state index is 11.8. The van der Waals surface area contributed by atoms with Crippen molar-refractivity contribution < 1.29 is 23.9 Å². The van der Waals surface area contributed by atoms with Crippen molar-refractivity contribution in [3.8, 4) is 0 Å². The normalized spacial score (nSPS) is 50.9. The summed E-state index contributed by atoms with van der Waals surface area (Å²) in [5.41, 5.74) is 0. The van der Waals surface area contributed by atoms with E-state index in [0.717, 1.165) is 6.42 Å². The molecule has 90 valence electrons. The van der Waals surface area contributed by atoms with E-state index in [1.165, 1.54) is 0 Å². The molecule has 0 aromatic heterocycles. The lowest BCUT2D eigenvalue weighted by molar-refractivity contribution is -0.174. The Bertz CT molecular complexity index is 442. The van der Waals surface area contributed by atoms with Crippen LogP contribution in [-0.4, -0.2) is 24.5 Å². The van der Waals surface area contributed by atoms with Gasteiger partial charge in [0.15, 0.2) is 0 Å². The summed E-state index contributed by atoms with van der Waals surface area (Å²) in [6.07, 6.45) is 1.16. The van der Waals surface area contributed by atoms with E-state index in [1.54, 1.807) is 0 Å². The molecule has 2 saturated carbocycles. The standard InChI is InChI=1S/C12H12O5/c13-8-2-6-4-1-5(9(6)12(15)17-8)7-3-16-11(14)10(4)7/h4-7,9-10H,1-3H2. The van der Waals surface area contributed by atoms with Gasteiger partial charge < -0.3 is 9.47 Å². The molecule has 2 aliphatic heterocycles. The molecule has 0 radical (unpaired) electrons. The summed E-state index contributed by atoms with van der Waals surface area (Å²) >= 11 is 0. The highest BCUT2D eigenvalue weighted by Crippen LogP contribution is 2.62. The summed E-state index contributed by atoms with van der Waals surface area (Å²) in [4.78, 5) is 34.7. The highest BCUT2D eigenvalue weighted by Gasteiger charge is 2.66. The number of cyclic esters (lactones) is 3. The topological polar surface area (TPSA) is 69.7 Å². The first kappa shape index (κ1) is 9.62. The third kappa shape index (κ3) is 1.02. The molecule has 5 heteroatoms. The van der Waals surface area contributed by atoms with Gasteiger partial charge in [-0.25, -0.2) is 0 Å². The number of hydrogen-bond acceptors (Lipinski definition) is 5. The maximum Gasteiger partial charge on any atom is 0.317 e. The van der Waals surface area contributed by atoms with Gasteiger partial charge in [0.05, 0.1) is 18.4 Å². The van der Waals surface area contributed by atoms with Crippen LogP contribution in [0.3, 0.4) is 0 Å². The smallest absolute Gasteiger partial charge is 0.317 e. The van der Waals surface area contributed by atoms with Gasteiger partial charge in [-0.1, -0.05) is 0 Å². The average Bonchev–Trinajstić information content (AvgIpc) is 2.89. The first-order valence-corrected chi connectivity index (χ1v) is 6.08.